The van der Waals surface area contributed by atoms with Gasteiger partial charge >= 0.3 is 0 Å². The molecule has 1 aromatic rings. The Morgan fingerprint density at radius 3 is 1.97 bits per heavy atom. The van der Waals surface area contributed by atoms with Crippen molar-refractivity contribution in [2.75, 3.05) is 13.7 Å². The van der Waals surface area contributed by atoms with Gasteiger partial charge in [0.05, 0.1) is 18.2 Å². The maximum absolute atomic E-state index is 13.6. The number of Topliss-reactive ketones (excluding diaryl/α,β-unsaturated/α-hetero) is 2. The van der Waals surface area contributed by atoms with Crippen LogP contribution in [0.5, 0.6) is 11.5 Å². The Morgan fingerprint density at radius 2 is 1.42 bits per heavy atom. The molecule has 0 saturated carbocycles. The SMILES string of the molecule is CCCCCCCCOc1c(Br)cc(C2C3=C(CC(C)(C)CC3=O)OC3=C2C(=O)CC(C)(C)C3)cc1OC. The summed E-state index contributed by atoms with van der Waals surface area (Å²) < 4.78 is 19.1. The summed E-state index contributed by atoms with van der Waals surface area (Å²) in [5, 5.41) is 0. The van der Waals surface area contributed by atoms with Crippen LogP contribution in [0.2, 0.25) is 0 Å². The number of unbranched alkanes of at least 4 members (excludes halogenated alkanes) is 5. The molecule has 0 aromatic heterocycles. The molecule has 0 fully saturated rings. The smallest absolute Gasteiger partial charge is 0.175 e. The van der Waals surface area contributed by atoms with Crippen LogP contribution < -0.4 is 9.47 Å². The lowest BCUT2D eigenvalue weighted by atomic mass is 9.65. The van der Waals surface area contributed by atoms with Crippen LogP contribution in [0.3, 0.4) is 0 Å². The van der Waals surface area contributed by atoms with Gasteiger partial charge in [-0.2, -0.15) is 0 Å². The average molecular weight is 588 g/mol. The lowest BCUT2D eigenvalue weighted by molar-refractivity contribution is -0.120. The lowest BCUT2D eigenvalue weighted by Crippen LogP contribution is -2.37. The number of carbonyl (C=O) groups excluding carboxylic acids is 2. The van der Waals surface area contributed by atoms with Gasteiger partial charge in [0, 0.05) is 42.7 Å². The van der Waals surface area contributed by atoms with E-state index in [0.717, 1.165) is 34.4 Å². The van der Waals surface area contributed by atoms with Crippen molar-refractivity contribution in [2.45, 2.75) is 105 Å². The van der Waals surface area contributed by atoms with Gasteiger partial charge in [-0.25, -0.2) is 0 Å². The van der Waals surface area contributed by atoms with Crippen LogP contribution in [0.1, 0.15) is 110 Å². The highest BCUT2D eigenvalue weighted by Gasteiger charge is 2.48. The van der Waals surface area contributed by atoms with Crippen LogP contribution in [-0.4, -0.2) is 25.3 Å². The number of halogens is 1. The van der Waals surface area contributed by atoms with Crippen LogP contribution >= 0.6 is 15.9 Å². The molecule has 4 rings (SSSR count). The highest BCUT2D eigenvalue weighted by atomic mass is 79.9. The summed E-state index contributed by atoms with van der Waals surface area (Å²) in [5.74, 6) is 2.36. The minimum absolute atomic E-state index is 0.0592. The number of rotatable bonds is 10. The molecule has 0 radical (unpaired) electrons. The Hall–Kier alpha value is -2.08. The first-order valence-electron chi connectivity index (χ1n) is 14.2. The van der Waals surface area contributed by atoms with Gasteiger partial charge in [-0.15, -0.1) is 0 Å². The van der Waals surface area contributed by atoms with Crippen molar-refractivity contribution in [1.82, 2.24) is 0 Å². The molecule has 0 saturated heterocycles. The normalized spacial score (nSPS) is 20.7. The average Bonchev–Trinajstić information content (AvgIpc) is 2.81. The Morgan fingerprint density at radius 1 is 0.868 bits per heavy atom. The molecule has 1 aliphatic heterocycles. The summed E-state index contributed by atoms with van der Waals surface area (Å²) in [6.45, 7) is 11.2. The van der Waals surface area contributed by atoms with Crippen molar-refractivity contribution in [3.63, 3.8) is 0 Å². The summed E-state index contributed by atoms with van der Waals surface area (Å²) in [5.41, 5.74) is 1.75. The van der Waals surface area contributed by atoms with Crippen LogP contribution in [0, 0.1) is 10.8 Å². The summed E-state index contributed by atoms with van der Waals surface area (Å²) in [4.78, 5) is 27.1. The van der Waals surface area contributed by atoms with E-state index < -0.39 is 5.92 Å². The predicted octanol–water partition coefficient (Wildman–Crippen LogP) is 8.60. The van der Waals surface area contributed by atoms with E-state index in [2.05, 4.69) is 50.5 Å². The van der Waals surface area contributed by atoms with Crippen molar-refractivity contribution in [3.05, 3.63) is 44.8 Å². The fourth-order valence-electron chi connectivity index (χ4n) is 6.11. The second-order valence-electron chi connectivity index (χ2n) is 12.7. The van der Waals surface area contributed by atoms with Gasteiger partial charge < -0.3 is 14.2 Å². The van der Waals surface area contributed by atoms with E-state index in [1.54, 1.807) is 7.11 Å². The summed E-state index contributed by atoms with van der Waals surface area (Å²) in [6, 6.07) is 3.93. The number of hydrogen-bond acceptors (Lipinski definition) is 5. The number of methoxy groups -OCH3 is 1. The molecule has 0 atom stereocenters. The van der Waals surface area contributed by atoms with E-state index in [9.17, 15) is 9.59 Å². The third-order valence-electron chi connectivity index (χ3n) is 7.91. The third-order valence-corrected chi connectivity index (χ3v) is 8.50. The summed E-state index contributed by atoms with van der Waals surface area (Å²) >= 11 is 3.71. The molecule has 1 heterocycles. The molecule has 0 spiro atoms. The number of carbonyl (C=O) groups is 2. The maximum atomic E-state index is 13.6. The molecule has 1 aromatic carbocycles. The number of hydrogen-bond donors (Lipinski definition) is 0. The highest BCUT2D eigenvalue weighted by molar-refractivity contribution is 9.10. The molecule has 0 bridgehead atoms. The minimum Gasteiger partial charge on any atom is -0.493 e. The van der Waals surface area contributed by atoms with Crippen LogP contribution in [0.4, 0.5) is 0 Å². The Balaban J connectivity index is 1.69. The number of benzene rings is 1. The predicted molar refractivity (Wildman–Crippen MR) is 153 cm³/mol. The van der Waals surface area contributed by atoms with Crippen molar-refractivity contribution >= 4 is 27.5 Å². The van der Waals surface area contributed by atoms with E-state index >= 15 is 0 Å². The van der Waals surface area contributed by atoms with Gasteiger partial charge in [0.25, 0.3) is 0 Å². The monoisotopic (exact) mass is 586 g/mol. The van der Waals surface area contributed by atoms with E-state index in [0.29, 0.717) is 54.9 Å². The lowest BCUT2D eigenvalue weighted by Gasteiger charge is -2.42. The van der Waals surface area contributed by atoms with E-state index in [1.165, 1.54) is 25.7 Å². The van der Waals surface area contributed by atoms with Crippen LogP contribution in [0.15, 0.2) is 39.3 Å². The second-order valence-corrected chi connectivity index (χ2v) is 13.6. The molecule has 3 aliphatic rings. The highest BCUT2D eigenvalue weighted by Crippen LogP contribution is 2.54. The van der Waals surface area contributed by atoms with E-state index in [-0.39, 0.29) is 22.4 Å². The Labute approximate surface area is 236 Å². The molecule has 38 heavy (non-hydrogen) atoms. The molecule has 0 unspecified atom stereocenters. The zero-order valence-corrected chi connectivity index (χ0v) is 25.5. The standard InChI is InChI=1S/C32H43BrO5/c1-7-8-9-10-11-12-13-37-30-21(33)14-20(15-24(30)36-6)27-28-22(34)16-31(2,3)18-25(28)38-26-19-32(4,5)17-23(35)29(26)27/h14-15,27H,7-13,16-19H2,1-6H3. The number of ketones is 2. The summed E-state index contributed by atoms with van der Waals surface area (Å²) in [7, 11) is 1.63. The van der Waals surface area contributed by atoms with Gasteiger partial charge in [-0.05, 0) is 50.9 Å². The molecule has 0 amide bonds. The maximum Gasteiger partial charge on any atom is 0.175 e. The van der Waals surface area contributed by atoms with Crippen molar-refractivity contribution in [1.29, 1.82) is 0 Å². The molecule has 2 aliphatic carbocycles. The minimum atomic E-state index is -0.459. The first-order valence-corrected chi connectivity index (χ1v) is 15.0. The summed E-state index contributed by atoms with van der Waals surface area (Å²) in [6.07, 6.45) is 9.37. The fraction of sp³-hybridized carbons (Fsp3) is 0.625. The molecular formula is C32H43BrO5. The van der Waals surface area contributed by atoms with Crippen LogP contribution in [-0.2, 0) is 14.3 Å². The van der Waals surface area contributed by atoms with Gasteiger partial charge in [0.1, 0.15) is 11.5 Å². The van der Waals surface area contributed by atoms with E-state index in [4.69, 9.17) is 14.2 Å². The molecule has 0 N–H and O–H groups in total. The quantitative estimate of drug-likeness (QED) is 0.257. The molecule has 208 valence electrons. The second kappa shape index (κ2) is 11.6. The molecular weight excluding hydrogens is 544 g/mol. The Bertz CT molecular complexity index is 1100. The van der Waals surface area contributed by atoms with Crippen molar-refractivity contribution < 1.29 is 23.8 Å². The van der Waals surface area contributed by atoms with Gasteiger partial charge in [0.15, 0.2) is 23.1 Å². The van der Waals surface area contributed by atoms with Crippen molar-refractivity contribution in [2.24, 2.45) is 10.8 Å². The topological polar surface area (TPSA) is 61.8 Å². The Kier molecular flexibility index (Phi) is 8.81. The fourth-order valence-corrected chi connectivity index (χ4v) is 6.69. The molecule has 6 heteroatoms. The molecule has 5 nitrogen and oxygen atoms in total. The first kappa shape index (κ1) is 28.9. The largest absolute Gasteiger partial charge is 0.493 e. The number of allylic oxidation sites excluding steroid dienone is 4. The van der Waals surface area contributed by atoms with Gasteiger partial charge in [-0.3, -0.25) is 9.59 Å². The van der Waals surface area contributed by atoms with E-state index in [1.807, 2.05) is 12.1 Å². The van der Waals surface area contributed by atoms with Crippen molar-refractivity contribution in [3.8, 4) is 11.5 Å². The number of ether oxygens (including phenoxy) is 3. The van der Waals surface area contributed by atoms with Gasteiger partial charge in [-0.1, -0.05) is 66.7 Å². The van der Waals surface area contributed by atoms with Crippen LogP contribution in [0.25, 0.3) is 0 Å². The zero-order chi connectivity index (χ0) is 27.7. The third kappa shape index (κ3) is 6.21. The van der Waals surface area contributed by atoms with Gasteiger partial charge in [0.2, 0.25) is 0 Å². The first-order chi connectivity index (χ1) is 18.0. The zero-order valence-electron chi connectivity index (χ0n) is 23.9.